The number of carboxylic acids is 2. The van der Waals surface area contributed by atoms with E-state index in [0.29, 0.717) is 30.0 Å². The van der Waals surface area contributed by atoms with Gasteiger partial charge in [-0.05, 0) is 24.5 Å². The first kappa shape index (κ1) is 13.8. The van der Waals surface area contributed by atoms with Crippen LogP contribution < -0.4 is 0 Å². The Morgan fingerprint density at radius 2 is 2.00 bits per heavy atom. The molecule has 2 unspecified atom stereocenters. The first-order valence-corrected chi connectivity index (χ1v) is 6.36. The average molecular weight is 284 g/mol. The average Bonchev–Trinajstić information content (AvgIpc) is 2.80. The van der Waals surface area contributed by atoms with Gasteiger partial charge in [0, 0.05) is 11.6 Å². The lowest BCUT2D eigenvalue weighted by atomic mass is 10.0. The van der Waals surface area contributed by atoms with Crippen molar-refractivity contribution in [2.75, 3.05) is 6.54 Å². The highest BCUT2D eigenvalue weighted by Gasteiger charge is 2.40. The number of benzene rings is 1. The molecule has 1 fully saturated rings. The fraction of sp³-hybridized carbons (Fsp3) is 0.385. The zero-order chi connectivity index (χ0) is 14.0. The van der Waals surface area contributed by atoms with E-state index in [4.69, 9.17) is 16.7 Å². The summed E-state index contributed by atoms with van der Waals surface area (Å²) in [6.45, 7) is 0.444. The highest BCUT2D eigenvalue weighted by atomic mass is 35.5. The van der Waals surface area contributed by atoms with E-state index in [9.17, 15) is 14.7 Å². The van der Waals surface area contributed by atoms with Crippen LogP contribution in [0.15, 0.2) is 24.3 Å². The van der Waals surface area contributed by atoms with E-state index in [1.54, 1.807) is 24.3 Å². The van der Waals surface area contributed by atoms with Crippen LogP contribution in [0.5, 0.6) is 0 Å². The van der Waals surface area contributed by atoms with Gasteiger partial charge in [-0.15, -0.1) is 0 Å². The molecule has 6 heteroatoms. The summed E-state index contributed by atoms with van der Waals surface area (Å²) in [4.78, 5) is 24.2. The van der Waals surface area contributed by atoms with Crippen molar-refractivity contribution in [3.8, 4) is 0 Å². The summed E-state index contributed by atoms with van der Waals surface area (Å²) < 4.78 is 0. The molecule has 2 atom stereocenters. The van der Waals surface area contributed by atoms with Crippen molar-refractivity contribution in [3.05, 3.63) is 34.9 Å². The molecule has 0 saturated carbocycles. The van der Waals surface area contributed by atoms with Crippen molar-refractivity contribution in [1.82, 2.24) is 4.90 Å². The third kappa shape index (κ3) is 2.72. The zero-order valence-electron chi connectivity index (χ0n) is 10.1. The second kappa shape index (κ2) is 5.59. The Kier molecular flexibility index (Phi) is 4.07. The minimum Gasteiger partial charge on any atom is -0.480 e. The van der Waals surface area contributed by atoms with Gasteiger partial charge in [-0.2, -0.15) is 0 Å². The molecule has 2 N–H and O–H groups in total. The Hall–Kier alpha value is -1.59. The van der Waals surface area contributed by atoms with Crippen molar-refractivity contribution in [2.24, 2.45) is 0 Å². The van der Waals surface area contributed by atoms with Crippen molar-refractivity contribution in [2.45, 2.75) is 24.9 Å². The van der Waals surface area contributed by atoms with Crippen molar-refractivity contribution >= 4 is 23.5 Å². The Morgan fingerprint density at radius 3 is 2.58 bits per heavy atom. The summed E-state index contributed by atoms with van der Waals surface area (Å²) in [7, 11) is 0. The van der Waals surface area contributed by atoms with Gasteiger partial charge in [0.25, 0.3) is 0 Å². The maximum Gasteiger partial charge on any atom is 0.325 e. The molecule has 1 aromatic carbocycles. The van der Waals surface area contributed by atoms with E-state index in [0.717, 1.165) is 0 Å². The smallest absolute Gasteiger partial charge is 0.325 e. The van der Waals surface area contributed by atoms with Crippen LogP contribution in [0.2, 0.25) is 5.02 Å². The molecular weight excluding hydrogens is 270 g/mol. The molecule has 0 aromatic heterocycles. The van der Waals surface area contributed by atoms with Crippen LogP contribution in [0.3, 0.4) is 0 Å². The van der Waals surface area contributed by atoms with Crippen LogP contribution >= 0.6 is 11.6 Å². The van der Waals surface area contributed by atoms with Gasteiger partial charge in [0.2, 0.25) is 0 Å². The van der Waals surface area contributed by atoms with Crippen LogP contribution in [0.1, 0.15) is 24.4 Å². The molecule has 1 aliphatic heterocycles. The molecule has 0 amide bonds. The zero-order valence-corrected chi connectivity index (χ0v) is 10.9. The predicted octanol–water partition coefficient (Wildman–Crippen LogP) is 2.01. The lowest BCUT2D eigenvalue weighted by Crippen LogP contribution is -2.42. The molecule has 0 spiro atoms. The Balaban J connectivity index is 2.39. The van der Waals surface area contributed by atoms with Gasteiger partial charge in [0.1, 0.15) is 12.1 Å². The molecule has 5 nitrogen and oxygen atoms in total. The summed E-state index contributed by atoms with van der Waals surface area (Å²) >= 11 is 6.03. The summed E-state index contributed by atoms with van der Waals surface area (Å²) in [5.41, 5.74) is 0.435. The normalized spacial score (nSPS) is 21.2. The molecule has 0 radical (unpaired) electrons. The monoisotopic (exact) mass is 283 g/mol. The number of likely N-dealkylation sites (tertiary alicyclic amines) is 1. The highest BCUT2D eigenvalue weighted by Crippen LogP contribution is 2.33. The van der Waals surface area contributed by atoms with E-state index < -0.39 is 24.0 Å². The first-order valence-electron chi connectivity index (χ1n) is 5.98. The maximum absolute atomic E-state index is 11.5. The molecule has 1 aromatic rings. The van der Waals surface area contributed by atoms with Crippen LogP contribution in [0, 0.1) is 0 Å². The maximum atomic E-state index is 11.5. The lowest BCUT2D eigenvalue weighted by Gasteiger charge is -2.28. The van der Waals surface area contributed by atoms with Gasteiger partial charge in [-0.3, -0.25) is 14.5 Å². The Labute approximate surface area is 115 Å². The minimum atomic E-state index is -1.08. The summed E-state index contributed by atoms with van der Waals surface area (Å²) in [5, 5.41) is 18.9. The Morgan fingerprint density at radius 1 is 1.32 bits per heavy atom. The molecule has 1 aliphatic rings. The predicted molar refractivity (Wildman–Crippen MR) is 69.2 cm³/mol. The van der Waals surface area contributed by atoms with Gasteiger partial charge in [-0.1, -0.05) is 29.8 Å². The van der Waals surface area contributed by atoms with Crippen molar-refractivity contribution in [3.63, 3.8) is 0 Å². The molecule has 0 aliphatic carbocycles. The van der Waals surface area contributed by atoms with Crippen molar-refractivity contribution < 1.29 is 19.8 Å². The van der Waals surface area contributed by atoms with E-state index in [1.807, 2.05) is 0 Å². The van der Waals surface area contributed by atoms with Gasteiger partial charge < -0.3 is 10.2 Å². The quantitative estimate of drug-likeness (QED) is 0.884. The minimum absolute atomic E-state index is 0.339. The third-order valence-electron chi connectivity index (χ3n) is 3.34. The molecular formula is C13H14ClNO4. The highest BCUT2D eigenvalue weighted by molar-refractivity contribution is 6.31. The van der Waals surface area contributed by atoms with Crippen LogP contribution in [0.25, 0.3) is 0 Å². The molecule has 2 rings (SSSR count). The van der Waals surface area contributed by atoms with Gasteiger partial charge in [0.05, 0.1) is 0 Å². The first-order chi connectivity index (χ1) is 9.02. The topological polar surface area (TPSA) is 77.8 Å². The molecule has 1 saturated heterocycles. The van der Waals surface area contributed by atoms with Crippen LogP contribution in [-0.2, 0) is 9.59 Å². The van der Waals surface area contributed by atoms with Gasteiger partial charge in [0.15, 0.2) is 0 Å². The summed E-state index contributed by atoms with van der Waals surface area (Å²) in [6.07, 6.45) is 1.13. The van der Waals surface area contributed by atoms with E-state index in [2.05, 4.69) is 0 Å². The number of carboxylic acid groups (broad SMARTS) is 2. The molecule has 102 valence electrons. The van der Waals surface area contributed by atoms with Gasteiger partial charge >= 0.3 is 11.9 Å². The largest absolute Gasteiger partial charge is 0.480 e. The van der Waals surface area contributed by atoms with E-state index in [-0.39, 0.29) is 0 Å². The summed E-state index contributed by atoms with van der Waals surface area (Å²) in [6, 6.07) is 4.86. The summed E-state index contributed by atoms with van der Waals surface area (Å²) in [5.74, 6) is -2.07. The number of hydrogen-bond donors (Lipinski definition) is 2. The van der Waals surface area contributed by atoms with Gasteiger partial charge in [-0.25, -0.2) is 0 Å². The van der Waals surface area contributed by atoms with E-state index >= 15 is 0 Å². The second-order valence-electron chi connectivity index (χ2n) is 4.50. The fourth-order valence-electron chi connectivity index (χ4n) is 2.51. The van der Waals surface area contributed by atoms with E-state index in [1.165, 1.54) is 4.90 Å². The number of nitrogens with zero attached hydrogens (tertiary/aromatic N) is 1. The number of rotatable bonds is 4. The molecule has 0 bridgehead atoms. The van der Waals surface area contributed by atoms with Crippen LogP contribution in [0.4, 0.5) is 0 Å². The SMILES string of the molecule is O=C(O)C1CCCN1C(C(=O)O)c1ccccc1Cl. The molecule has 1 heterocycles. The third-order valence-corrected chi connectivity index (χ3v) is 3.69. The number of hydrogen-bond acceptors (Lipinski definition) is 3. The Bertz CT molecular complexity index is 505. The standard InChI is InChI=1S/C13H14ClNO4/c14-9-5-2-1-4-8(9)11(13(18)19)15-7-3-6-10(15)12(16)17/h1-2,4-5,10-11H,3,6-7H2,(H,16,17)(H,18,19). The number of halogens is 1. The number of aliphatic carboxylic acids is 2. The van der Waals surface area contributed by atoms with Crippen molar-refractivity contribution in [1.29, 1.82) is 0 Å². The van der Waals surface area contributed by atoms with Crippen LogP contribution in [-0.4, -0.2) is 39.6 Å². The molecule has 19 heavy (non-hydrogen) atoms. The number of carbonyl (C=O) groups is 2. The second-order valence-corrected chi connectivity index (χ2v) is 4.90. The fourth-order valence-corrected chi connectivity index (χ4v) is 2.75. The lowest BCUT2D eigenvalue weighted by molar-refractivity contribution is -0.149.